The molecule has 0 fully saturated rings. The molecule has 182 valence electrons. The summed E-state index contributed by atoms with van der Waals surface area (Å²) in [6, 6.07) is 0. The molecule has 0 heterocycles. The quantitative estimate of drug-likeness (QED) is 0.123. The molecule has 4 atom stereocenters. The van der Waals surface area contributed by atoms with Crippen molar-refractivity contribution in [2.75, 3.05) is 13.2 Å². The van der Waals surface area contributed by atoms with Crippen molar-refractivity contribution < 1.29 is 35.1 Å². The highest BCUT2D eigenvalue weighted by molar-refractivity contribution is 5.69. The highest BCUT2D eigenvalue weighted by Gasteiger charge is 2.07. The number of carbonyl (C=O) groups excluding carboxylic acids is 1. The third kappa shape index (κ3) is 19.9. The van der Waals surface area contributed by atoms with E-state index in [0.29, 0.717) is 19.3 Å². The number of unbranched alkanes of at least 4 members (excludes halogenated alkanes) is 3. The van der Waals surface area contributed by atoms with E-state index >= 15 is 0 Å². The van der Waals surface area contributed by atoms with Gasteiger partial charge in [0.2, 0.25) is 0 Å². The molecule has 0 aromatic heterocycles. The van der Waals surface area contributed by atoms with Gasteiger partial charge in [0.25, 0.3) is 0 Å². The molecular formula is C25H40O7. The maximum Gasteiger partial charge on any atom is 0.305 e. The van der Waals surface area contributed by atoms with Crippen molar-refractivity contribution in [3.8, 4) is 0 Å². The first-order chi connectivity index (χ1) is 15.4. The molecule has 0 aliphatic heterocycles. The number of allylic oxidation sites excluding steroid dienone is 7. The SMILES string of the molecule is CCC(O)C=CC=CC=CC(O)CC(O)C=CC=CCCCCCC(=O)OCC(O)CO. The number of hydrogen-bond donors (Lipinski definition) is 5. The average Bonchev–Trinajstić information content (AvgIpc) is 2.78. The summed E-state index contributed by atoms with van der Waals surface area (Å²) in [6.07, 6.45) is 18.9. The zero-order valence-corrected chi connectivity index (χ0v) is 19.0. The van der Waals surface area contributed by atoms with Crippen molar-refractivity contribution >= 4 is 5.97 Å². The van der Waals surface area contributed by atoms with Crippen LogP contribution in [0.4, 0.5) is 0 Å². The van der Waals surface area contributed by atoms with Crippen molar-refractivity contribution in [3.63, 3.8) is 0 Å². The molecule has 5 N–H and O–H groups in total. The van der Waals surface area contributed by atoms with Gasteiger partial charge in [0.15, 0.2) is 0 Å². The summed E-state index contributed by atoms with van der Waals surface area (Å²) < 4.78 is 4.82. The molecule has 7 nitrogen and oxygen atoms in total. The molecule has 0 aromatic carbocycles. The molecule has 0 amide bonds. The van der Waals surface area contributed by atoms with Crippen LogP contribution in [0.15, 0.2) is 60.8 Å². The van der Waals surface area contributed by atoms with Crippen LogP contribution in [-0.2, 0) is 9.53 Å². The summed E-state index contributed by atoms with van der Waals surface area (Å²) in [5, 5.41) is 46.9. The summed E-state index contributed by atoms with van der Waals surface area (Å²) >= 11 is 0. The van der Waals surface area contributed by atoms with Crippen LogP contribution in [0.25, 0.3) is 0 Å². The number of aliphatic hydroxyl groups excluding tert-OH is 5. The van der Waals surface area contributed by atoms with Gasteiger partial charge in [-0.2, -0.15) is 0 Å². The summed E-state index contributed by atoms with van der Waals surface area (Å²) in [6.45, 7) is 1.29. The van der Waals surface area contributed by atoms with E-state index in [-0.39, 0.29) is 19.0 Å². The first kappa shape index (κ1) is 30.0. The molecule has 7 heteroatoms. The van der Waals surface area contributed by atoms with Crippen LogP contribution >= 0.6 is 0 Å². The lowest BCUT2D eigenvalue weighted by atomic mass is 10.1. The number of ether oxygens (including phenoxy) is 1. The lowest BCUT2D eigenvalue weighted by Crippen LogP contribution is -2.21. The molecule has 0 rings (SSSR count). The predicted octanol–water partition coefficient (Wildman–Crippen LogP) is 2.50. The minimum absolute atomic E-state index is 0.177. The molecule has 4 unspecified atom stereocenters. The van der Waals surface area contributed by atoms with E-state index in [1.807, 2.05) is 19.1 Å². The first-order valence-electron chi connectivity index (χ1n) is 11.2. The van der Waals surface area contributed by atoms with Crippen LogP contribution in [0.5, 0.6) is 0 Å². The monoisotopic (exact) mass is 452 g/mol. The molecule has 0 saturated heterocycles. The fraction of sp³-hybridized carbons (Fsp3) is 0.560. The van der Waals surface area contributed by atoms with Crippen molar-refractivity contribution in [1.29, 1.82) is 0 Å². The largest absolute Gasteiger partial charge is 0.463 e. The molecule has 0 bridgehead atoms. The Bertz CT molecular complexity index is 607. The number of rotatable bonds is 18. The summed E-state index contributed by atoms with van der Waals surface area (Å²) in [5.41, 5.74) is 0. The molecule has 0 spiro atoms. The zero-order valence-electron chi connectivity index (χ0n) is 19.0. The fourth-order valence-corrected chi connectivity index (χ4v) is 2.44. The lowest BCUT2D eigenvalue weighted by molar-refractivity contribution is -0.147. The maximum atomic E-state index is 11.4. The van der Waals surface area contributed by atoms with Gasteiger partial charge in [-0.25, -0.2) is 0 Å². The van der Waals surface area contributed by atoms with Gasteiger partial charge < -0.3 is 30.3 Å². The van der Waals surface area contributed by atoms with Crippen LogP contribution in [0.1, 0.15) is 51.9 Å². The van der Waals surface area contributed by atoms with Gasteiger partial charge in [0, 0.05) is 12.8 Å². The standard InChI is InChI=1S/C25H40O7/c1-2-21(27)14-10-8-9-12-16-23(29)18-22(28)15-11-6-4-3-5-7-13-17-25(31)32-20-24(30)19-26/h4,6,8-12,14-16,21-24,26-30H,2-3,5,7,13,17-20H2,1H3. The van der Waals surface area contributed by atoms with Gasteiger partial charge in [0.1, 0.15) is 12.7 Å². The van der Waals surface area contributed by atoms with Crippen molar-refractivity contribution in [1.82, 2.24) is 0 Å². The third-order valence-electron chi connectivity index (χ3n) is 4.38. The highest BCUT2D eigenvalue weighted by atomic mass is 16.5. The van der Waals surface area contributed by atoms with E-state index in [4.69, 9.17) is 14.9 Å². The van der Waals surface area contributed by atoms with E-state index < -0.39 is 31.0 Å². The Morgan fingerprint density at radius 2 is 1.41 bits per heavy atom. The molecule has 0 aliphatic carbocycles. The van der Waals surface area contributed by atoms with Crippen LogP contribution in [0.3, 0.4) is 0 Å². The minimum atomic E-state index is -1.02. The molecule has 32 heavy (non-hydrogen) atoms. The van der Waals surface area contributed by atoms with Crippen molar-refractivity contribution in [3.05, 3.63) is 60.8 Å². The summed E-state index contributed by atoms with van der Waals surface area (Å²) in [7, 11) is 0. The normalized spacial score (nSPS) is 16.6. The second-order valence-electron chi connectivity index (χ2n) is 7.43. The summed E-state index contributed by atoms with van der Waals surface area (Å²) in [4.78, 5) is 11.4. The van der Waals surface area contributed by atoms with Crippen LogP contribution in [0.2, 0.25) is 0 Å². The van der Waals surface area contributed by atoms with Crippen molar-refractivity contribution in [2.24, 2.45) is 0 Å². The van der Waals surface area contributed by atoms with Crippen LogP contribution < -0.4 is 0 Å². The number of carbonyl (C=O) groups is 1. The van der Waals surface area contributed by atoms with E-state index in [2.05, 4.69) is 0 Å². The Kier molecular flexibility index (Phi) is 19.5. The lowest BCUT2D eigenvalue weighted by Gasteiger charge is -2.08. The fourth-order valence-electron chi connectivity index (χ4n) is 2.44. The molecule has 0 radical (unpaired) electrons. The second kappa shape index (κ2) is 20.8. The number of esters is 1. The van der Waals surface area contributed by atoms with Gasteiger partial charge in [0.05, 0.1) is 24.9 Å². The Labute approximate surface area is 191 Å². The maximum absolute atomic E-state index is 11.4. The first-order valence-corrected chi connectivity index (χ1v) is 11.2. The minimum Gasteiger partial charge on any atom is -0.463 e. The van der Waals surface area contributed by atoms with Crippen LogP contribution in [-0.4, -0.2) is 69.1 Å². The Balaban J connectivity index is 3.85. The topological polar surface area (TPSA) is 127 Å². The zero-order chi connectivity index (χ0) is 24.0. The Hall–Kier alpha value is -2.03. The van der Waals surface area contributed by atoms with E-state index in [1.54, 1.807) is 48.6 Å². The molecular weight excluding hydrogens is 412 g/mol. The summed E-state index contributed by atoms with van der Waals surface area (Å²) in [5.74, 6) is -0.373. The Morgan fingerprint density at radius 1 is 0.812 bits per heavy atom. The van der Waals surface area contributed by atoms with Crippen molar-refractivity contribution in [2.45, 2.75) is 76.3 Å². The van der Waals surface area contributed by atoms with E-state index in [9.17, 15) is 20.1 Å². The smallest absolute Gasteiger partial charge is 0.305 e. The number of hydrogen-bond acceptors (Lipinski definition) is 7. The van der Waals surface area contributed by atoms with E-state index in [0.717, 1.165) is 19.3 Å². The van der Waals surface area contributed by atoms with Gasteiger partial charge in [-0.15, -0.1) is 0 Å². The average molecular weight is 453 g/mol. The molecule has 0 aliphatic rings. The van der Waals surface area contributed by atoms with Gasteiger partial charge in [-0.05, 0) is 25.7 Å². The third-order valence-corrected chi connectivity index (χ3v) is 4.38. The van der Waals surface area contributed by atoms with Crippen LogP contribution in [0, 0.1) is 0 Å². The van der Waals surface area contributed by atoms with Gasteiger partial charge in [-0.1, -0.05) is 74.1 Å². The van der Waals surface area contributed by atoms with Gasteiger partial charge in [-0.3, -0.25) is 4.79 Å². The second-order valence-corrected chi connectivity index (χ2v) is 7.43. The Morgan fingerprint density at radius 3 is 2.00 bits per heavy atom. The predicted molar refractivity (Wildman–Crippen MR) is 126 cm³/mol. The molecule has 0 saturated carbocycles. The highest BCUT2D eigenvalue weighted by Crippen LogP contribution is 2.06. The number of aliphatic hydroxyl groups is 5. The van der Waals surface area contributed by atoms with Gasteiger partial charge >= 0.3 is 5.97 Å². The molecule has 0 aromatic rings. The van der Waals surface area contributed by atoms with E-state index in [1.165, 1.54) is 0 Å².